The lowest BCUT2D eigenvalue weighted by Crippen LogP contribution is -2.50. The highest BCUT2D eigenvalue weighted by molar-refractivity contribution is 7.99. The number of aromatic nitrogens is 2. The van der Waals surface area contributed by atoms with Gasteiger partial charge in [0.15, 0.2) is 0 Å². The molecule has 0 radical (unpaired) electrons. The number of hydrogen-bond donors (Lipinski definition) is 2. The van der Waals surface area contributed by atoms with E-state index in [4.69, 9.17) is 20.8 Å². The van der Waals surface area contributed by atoms with Crippen LogP contribution >= 0.6 is 23.4 Å². The molecule has 0 fully saturated rings. The molecule has 0 saturated heterocycles. The van der Waals surface area contributed by atoms with Crippen molar-refractivity contribution in [2.75, 3.05) is 10.7 Å². The standard InChI is InChI=1S/C27H28ClFN4O6S/c1-26(2,3)39-25(37)30-18-13-40-20-11-17(29)16(21-31-32-23(38-21)27(4,5)24(35)36)10-19(20)33(22(18)34)12-14-6-8-15(28)9-7-14/h6-11,18H,12-13H2,1-5H3,(H,30,37)(H,35,36)/t18-/m0/s1. The van der Waals surface area contributed by atoms with Crippen molar-refractivity contribution in [3.63, 3.8) is 0 Å². The number of benzene rings is 2. The number of rotatable bonds is 6. The van der Waals surface area contributed by atoms with Crippen LogP contribution in [0.2, 0.25) is 5.02 Å². The lowest BCUT2D eigenvalue weighted by Gasteiger charge is -2.27. The lowest BCUT2D eigenvalue weighted by atomic mass is 9.94. The van der Waals surface area contributed by atoms with Crippen LogP contribution in [0, 0.1) is 5.82 Å². The molecule has 40 heavy (non-hydrogen) atoms. The third-order valence-corrected chi connectivity index (χ3v) is 7.37. The average molecular weight is 591 g/mol. The summed E-state index contributed by atoms with van der Waals surface area (Å²) in [4.78, 5) is 39.9. The monoisotopic (exact) mass is 590 g/mol. The van der Waals surface area contributed by atoms with Crippen molar-refractivity contribution in [2.45, 2.75) is 63.1 Å². The minimum absolute atomic E-state index is 0.0856. The molecule has 0 unspecified atom stereocenters. The number of nitrogens with one attached hydrogen (secondary N) is 1. The molecule has 0 spiro atoms. The first-order valence-corrected chi connectivity index (χ1v) is 13.6. The molecule has 4 rings (SSSR count). The fourth-order valence-electron chi connectivity index (χ4n) is 3.75. The molecule has 13 heteroatoms. The van der Waals surface area contributed by atoms with Crippen LogP contribution in [-0.4, -0.2) is 50.7 Å². The second-order valence-electron chi connectivity index (χ2n) is 10.7. The van der Waals surface area contributed by atoms with Gasteiger partial charge in [0.25, 0.3) is 11.8 Å². The summed E-state index contributed by atoms with van der Waals surface area (Å²) < 4.78 is 26.3. The summed E-state index contributed by atoms with van der Waals surface area (Å²) in [6, 6.07) is 8.57. The Morgan fingerprint density at radius 1 is 1.20 bits per heavy atom. The van der Waals surface area contributed by atoms with Gasteiger partial charge in [-0.15, -0.1) is 22.0 Å². The van der Waals surface area contributed by atoms with Gasteiger partial charge in [-0.1, -0.05) is 23.7 Å². The Hall–Kier alpha value is -3.64. The van der Waals surface area contributed by atoms with E-state index in [0.29, 0.717) is 15.6 Å². The predicted molar refractivity (Wildman–Crippen MR) is 147 cm³/mol. The fraction of sp³-hybridized carbons (Fsp3) is 0.370. The molecule has 1 aromatic heterocycles. The predicted octanol–water partition coefficient (Wildman–Crippen LogP) is 5.42. The number of halogens is 2. The molecule has 212 valence electrons. The number of ether oxygens (including phenoxy) is 1. The summed E-state index contributed by atoms with van der Waals surface area (Å²) in [7, 11) is 0. The summed E-state index contributed by atoms with van der Waals surface area (Å²) in [6.45, 7) is 8.00. The molecule has 2 N–H and O–H groups in total. The Kier molecular flexibility index (Phi) is 8.13. The number of anilines is 1. The summed E-state index contributed by atoms with van der Waals surface area (Å²) in [6.07, 6.45) is -0.754. The smallest absolute Gasteiger partial charge is 0.408 e. The van der Waals surface area contributed by atoms with E-state index in [-0.39, 0.29) is 29.6 Å². The van der Waals surface area contributed by atoms with E-state index in [0.717, 1.165) is 5.56 Å². The van der Waals surface area contributed by atoms with E-state index in [1.807, 2.05) is 0 Å². The molecule has 0 bridgehead atoms. The quantitative estimate of drug-likeness (QED) is 0.385. The van der Waals surface area contributed by atoms with Crippen LogP contribution in [0.1, 0.15) is 46.1 Å². The summed E-state index contributed by atoms with van der Waals surface area (Å²) in [5, 5.41) is 20.3. The van der Waals surface area contributed by atoms with E-state index >= 15 is 4.39 Å². The SMILES string of the molecule is CC(C)(C)OC(=O)N[C@H]1CSc2cc(F)c(-c3nnc(C(C)(C)C(=O)O)o3)cc2N(Cc2ccc(Cl)cc2)C1=O. The van der Waals surface area contributed by atoms with E-state index < -0.39 is 40.8 Å². The van der Waals surface area contributed by atoms with E-state index in [1.54, 1.807) is 45.0 Å². The molecule has 1 atom stereocenters. The lowest BCUT2D eigenvalue weighted by molar-refractivity contribution is -0.143. The van der Waals surface area contributed by atoms with Crippen LogP contribution in [0.3, 0.4) is 0 Å². The number of carboxylic acid groups (broad SMARTS) is 1. The van der Waals surface area contributed by atoms with Gasteiger partial charge in [-0.25, -0.2) is 9.18 Å². The molecular weight excluding hydrogens is 563 g/mol. The maximum atomic E-state index is 15.4. The normalized spacial score (nSPS) is 15.8. The Balaban J connectivity index is 1.75. The Labute approximate surface area is 239 Å². The number of carbonyl (C=O) groups excluding carboxylic acids is 2. The Bertz CT molecular complexity index is 1450. The number of carbonyl (C=O) groups is 3. The minimum atomic E-state index is -1.50. The first-order chi connectivity index (χ1) is 18.7. The molecule has 0 saturated carbocycles. The Morgan fingerprint density at radius 2 is 1.88 bits per heavy atom. The second kappa shape index (κ2) is 11.1. The molecule has 0 aliphatic carbocycles. The van der Waals surface area contributed by atoms with Crippen LogP contribution in [0.5, 0.6) is 0 Å². The summed E-state index contributed by atoms with van der Waals surface area (Å²) >= 11 is 7.23. The van der Waals surface area contributed by atoms with Crippen LogP contribution in [0.25, 0.3) is 11.5 Å². The minimum Gasteiger partial charge on any atom is -0.480 e. The second-order valence-corrected chi connectivity index (χ2v) is 12.2. The van der Waals surface area contributed by atoms with Crippen molar-refractivity contribution in [1.82, 2.24) is 15.5 Å². The van der Waals surface area contributed by atoms with Gasteiger partial charge in [-0.05, 0) is 64.4 Å². The van der Waals surface area contributed by atoms with Gasteiger partial charge in [0.05, 0.1) is 17.8 Å². The van der Waals surface area contributed by atoms with Gasteiger partial charge in [-0.3, -0.25) is 9.59 Å². The number of aliphatic carboxylic acids is 1. The zero-order valence-corrected chi connectivity index (χ0v) is 24.0. The first-order valence-electron chi connectivity index (χ1n) is 12.2. The van der Waals surface area contributed by atoms with Crippen LogP contribution in [0.4, 0.5) is 14.9 Å². The summed E-state index contributed by atoms with van der Waals surface area (Å²) in [5.74, 6) is -2.64. The molecule has 2 heterocycles. The van der Waals surface area contributed by atoms with E-state index in [1.165, 1.54) is 42.6 Å². The first kappa shape index (κ1) is 29.3. The van der Waals surface area contributed by atoms with Gasteiger partial charge < -0.3 is 24.5 Å². The van der Waals surface area contributed by atoms with Crippen molar-refractivity contribution in [3.8, 4) is 11.5 Å². The molecule has 1 aliphatic heterocycles. The molecule has 2 amide bonds. The fourth-order valence-corrected chi connectivity index (χ4v) is 4.95. The number of nitrogens with zero attached hydrogens (tertiary/aromatic N) is 3. The Morgan fingerprint density at radius 3 is 2.50 bits per heavy atom. The van der Waals surface area contributed by atoms with Crippen molar-refractivity contribution in [1.29, 1.82) is 0 Å². The maximum Gasteiger partial charge on any atom is 0.408 e. The van der Waals surface area contributed by atoms with Crippen molar-refractivity contribution in [2.24, 2.45) is 0 Å². The number of carboxylic acids is 1. The molecular formula is C27H28ClFN4O6S. The highest BCUT2D eigenvalue weighted by atomic mass is 35.5. The van der Waals surface area contributed by atoms with Gasteiger partial charge in [0.1, 0.15) is 22.9 Å². The third kappa shape index (κ3) is 6.39. The van der Waals surface area contributed by atoms with Crippen molar-refractivity contribution in [3.05, 3.63) is 58.7 Å². The third-order valence-electron chi connectivity index (χ3n) is 5.98. The molecule has 2 aromatic carbocycles. The van der Waals surface area contributed by atoms with Crippen molar-refractivity contribution < 1.29 is 33.0 Å². The zero-order valence-electron chi connectivity index (χ0n) is 22.4. The highest BCUT2D eigenvalue weighted by Gasteiger charge is 2.37. The zero-order chi connectivity index (χ0) is 29.4. The van der Waals surface area contributed by atoms with Gasteiger partial charge in [-0.2, -0.15) is 0 Å². The molecule has 1 aliphatic rings. The number of amides is 2. The van der Waals surface area contributed by atoms with E-state index in [9.17, 15) is 19.5 Å². The van der Waals surface area contributed by atoms with Crippen LogP contribution in [-0.2, 0) is 26.3 Å². The van der Waals surface area contributed by atoms with Gasteiger partial charge in [0.2, 0.25) is 5.89 Å². The summed E-state index contributed by atoms with van der Waals surface area (Å²) in [5.41, 5.74) is -1.28. The van der Waals surface area contributed by atoms with Gasteiger partial charge >= 0.3 is 12.1 Å². The number of alkyl carbamates (subject to hydrolysis) is 1. The average Bonchev–Trinajstić information content (AvgIpc) is 3.32. The topological polar surface area (TPSA) is 135 Å². The number of hydrogen-bond acceptors (Lipinski definition) is 8. The highest BCUT2D eigenvalue weighted by Crippen LogP contribution is 2.40. The molecule has 3 aromatic rings. The maximum absolute atomic E-state index is 15.4. The van der Waals surface area contributed by atoms with Crippen molar-refractivity contribution >= 4 is 47.0 Å². The van der Waals surface area contributed by atoms with E-state index in [2.05, 4.69) is 15.5 Å². The van der Waals surface area contributed by atoms with Crippen LogP contribution < -0.4 is 10.2 Å². The molecule has 10 nitrogen and oxygen atoms in total. The number of fused-ring (bicyclic) bond motifs is 1. The van der Waals surface area contributed by atoms with Crippen LogP contribution in [0.15, 0.2) is 45.7 Å². The largest absolute Gasteiger partial charge is 0.480 e. The van der Waals surface area contributed by atoms with Gasteiger partial charge in [0, 0.05) is 15.7 Å². The number of thioether (sulfide) groups is 1.